The monoisotopic (exact) mass is 449 g/mol. The summed E-state index contributed by atoms with van der Waals surface area (Å²) in [7, 11) is -3.74. The van der Waals surface area contributed by atoms with Crippen molar-refractivity contribution in [1.82, 2.24) is 14.7 Å². The summed E-state index contributed by atoms with van der Waals surface area (Å²) in [5.41, 5.74) is 3.24. The molecule has 0 spiro atoms. The van der Waals surface area contributed by atoms with Crippen LogP contribution in [-0.4, -0.2) is 37.6 Å². The number of nitrogens with zero attached hydrogens (tertiary/aromatic N) is 1. The second-order valence-corrected chi connectivity index (χ2v) is 9.36. The van der Waals surface area contributed by atoms with Crippen molar-refractivity contribution in [2.24, 2.45) is 0 Å². The number of hydrogen-bond acceptors (Lipinski definition) is 5. The molecule has 164 valence electrons. The largest absolute Gasteiger partial charge is 0.490 e. The molecule has 0 radical (unpaired) electrons. The van der Waals surface area contributed by atoms with Gasteiger partial charge in [-0.3, -0.25) is 0 Å². The number of fused-ring (bicyclic) bond motifs is 2. The van der Waals surface area contributed by atoms with Crippen LogP contribution >= 0.6 is 0 Å². The Morgan fingerprint density at radius 1 is 1.12 bits per heavy atom. The van der Waals surface area contributed by atoms with Gasteiger partial charge >= 0.3 is 0 Å². The molecule has 2 N–H and O–H groups in total. The Labute approximate surface area is 186 Å². The van der Waals surface area contributed by atoms with Crippen molar-refractivity contribution in [2.75, 3.05) is 13.2 Å². The van der Waals surface area contributed by atoms with Gasteiger partial charge in [0.05, 0.1) is 28.6 Å². The van der Waals surface area contributed by atoms with Crippen LogP contribution in [0.15, 0.2) is 71.6 Å². The molecule has 4 aromatic rings. The van der Waals surface area contributed by atoms with Gasteiger partial charge in [0, 0.05) is 5.56 Å². The Morgan fingerprint density at radius 2 is 1.97 bits per heavy atom. The summed E-state index contributed by atoms with van der Waals surface area (Å²) in [6, 6.07) is 19.9. The normalized spacial score (nSPS) is 15.8. The number of benzene rings is 3. The van der Waals surface area contributed by atoms with Crippen molar-refractivity contribution < 1.29 is 17.9 Å². The van der Waals surface area contributed by atoms with Gasteiger partial charge < -0.3 is 14.5 Å². The molecule has 0 amide bonds. The Hall–Kier alpha value is -3.36. The maximum absolute atomic E-state index is 13.1. The molecule has 8 heteroatoms. The highest BCUT2D eigenvalue weighted by atomic mass is 32.2. The van der Waals surface area contributed by atoms with E-state index in [1.54, 1.807) is 18.2 Å². The molecule has 0 saturated carbocycles. The highest BCUT2D eigenvalue weighted by Crippen LogP contribution is 2.35. The van der Waals surface area contributed by atoms with Crippen LogP contribution in [0.2, 0.25) is 0 Å². The molecule has 3 aromatic carbocycles. The van der Waals surface area contributed by atoms with Gasteiger partial charge in [-0.2, -0.15) is 0 Å². The van der Waals surface area contributed by atoms with Crippen molar-refractivity contribution in [3.63, 3.8) is 0 Å². The van der Waals surface area contributed by atoms with Crippen LogP contribution in [0.25, 0.3) is 22.4 Å². The fourth-order valence-electron chi connectivity index (χ4n) is 3.92. The highest BCUT2D eigenvalue weighted by Gasteiger charge is 2.27. The third-order valence-corrected chi connectivity index (χ3v) is 6.91. The molecule has 1 aliphatic rings. The van der Waals surface area contributed by atoms with E-state index in [4.69, 9.17) is 9.47 Å². The molecule has 1 atom stereocenters. The molecule has 7 nitrogen and oxygen atoms in total. The number of rotatable bonds is 6. The third-order valence-electron chi connectivity index (χ3n) is 5.39. The summed E-state index contributed by atoms with van der Waals surface area (Å²) in [6.07, 6.45) is 0.528. The molecular weight excluding hydrogens is 426 g/mol. The minimum Gasteiger partial charge on any atom is -0.490 e. The van der Waals surface area contributed by atoms with Crippen LogP contribution in [0.4, 0.5) is 0 Å². The quantitative estimate of drug-likeness (QED) is 0.466. The van der Waals surface area contributed by atoms with E-state index in [2.05, 4.69) is 14.7 Å². The first kappa shape index (κ1) is 20.5. The lowest BCUT2D eigenvalue weighted by atomic mass is 10.0. The van der Waals surface area contributed by atoms with Crippen LogP contribution in [-0.2, 0) is 16.4 Å². The lowest BCUT2D eigenvalue weighted by Crippen LogP contribution is -2.42. The highest BCUT2D eigenvalue weighted by molar-refractivity contribution is 7.89. The van der Waals surface area contributed by atoms with E-state index in [1.807, 2.05) is 55.5 Å². The number of H-pyrrole nitrogens is 1. The first-order chi connectivity index (χ1) is 15.5. The molecule has 1 aromatic heterocycles. The third kappa shape index (κ3) is 3.94. The Bertz CT molecular complexity index is 1370. The van der Waals surface area contributed by atoms with Crippen molar-refractivity contribution in [3.05, 3.63) is 72.3 Å². The Morgan fingerprint density at radius 3 is 2.78 bits per heavy atom. The molecule has 0 bridgehead atoms. The number of aromatic amines is 1. The number of nitrogens with one attached hydrogen (secondary N) is 2. The molecule has 0 fully saturated rings. The molecule has 0 saturated heterocycles. The van der Waals surface area contributed by atoms with E-state index in [0.717, 1.165) is 11.1 Å². The second-order valence-electron chi connectivity index (χ2n) is 7.64. The van der Waals surface area contributed by atoms with Crippen LogP contribution in [0.1, 0.15) is 12.5 Å². The molecule has 32 heavy (non-hydrogen) atoms. The predicted octanol–water partition coefficient (Wildman–Crippen LogP) is 3.91. The summed E-state index contributed by atoms with van der Waals surface area (Å²) in [6.45, 7) is 2.69. The lowest BCUT2D eigenvalue weighted by molar-refractivity contribution is 0.233. The number of sulfonamides is 1. The van der Waals surface area contributed by atoms with Crippen molar-refractivity contribution in [3.8, 4) is 22.9 Å². The van der Waals surface area contributed by atoms with E-state index in [9.17, 15) is 8.42 Å². The van der Waals surface area contributed by atoms with Crippen LogP contribution in [0.5, 0.6) is 11.5 Å². The van der Waals surface area contributed by atoms with Crippen molar-refractivity contribution >= 4 is 21.1 Å². The van der Waals surface area contributed by atoms with Gasteiger partial charge in [-0.05, 0) is 43.2 Å². The average Bonchev–Trinajstić information content (AvgIpc) is 3.23. The van der Waals surface area contributed by atoms with E-state index < -0.39 is 10.0 Å². The summed E-state index contributed by atoms with van der Waals surface area (Å²) >= 11 is 0. The minimum absolute atomic E-state index is 0.183. The van der Waals surface area contributed by atoms with Gasteiger partial charge in [-0.25, -0.2) is 18.1 Å². The summed E-state index contributed by atoms with van der Waals surface area (Å²) in [5, 5.41) is 0. The van der Waals surface area contributed by atoms with E-state index in [0.29, 0.717) is 41.4 Å². The number of para-hydroxylation sites is 1. The summed E-state index contributed by atoms with van der Waals surface area (Å²) in [4.78, 5) is 7.97. The minimum atomic E-state index is -3.74. The zero-order valence-corrected chi connectivity index (χ0v) is 18.4. The van der Waals surface area contributed by atoms with Crippen molar-refractivity contribution in [2.45, 2.75) is 24.3 Å². The number of ether oxygens (including phenoxy) is 2. The van der Waals surface area contributed by atoms with Gasteiger partial charge in [-0.15, -0.1) is 0 Å². The van der Waals surface area contributed by atoms with Crippen LogP contribution < -0.4 is 14.2 Å². The fraction of sp³-hybridized carbons (Fsp3) is 0.208. The van der Waals surface area contributed by atoms with Gasteiger partial charge in [0.1, 0.15) is 12.4 Å². The Balaban J connectivity index is 1.37. The number of aromatic nitrogens is 2. The van der Waals surface area contributed by atoms with Gasteiger partial charge in [-0.1, -0.05) is 42.5 Å². The maximum atomic E-state index is 13.1. The first-order valence-electron chi connectivity index (χ1n) is 10.5. The fourth-order valence-corrected chi connectivity index (χ4v) is 5.16. The SMILES string of the molecule is CCOc1cccc2c1OCC(NS(=O)(=O)c1ccc3nc(-c4ccccc4)[nH]c3c1)C2. The number of imidazole rings is 1. The zero-order valence-electron chi connectivity index (χ0n) is 17.5. The molecule has 1 unspecified atom stereocenters. The maximum Gasteiger partial charge on any atom is 0.241 e. The first-order valence-corrected chi connectivity index (χ1v) is 12.0. The molecule has 0 aliphatic carbocycles. The Kier molecular flexibility index (Phi) is 5.32. The van der Waals surface area contributed by atoms with Gasteiger partial charge in [0.15, 0.2) is 11.5 Å². The van der Waals surface area contributed by atoms with Gasteiger partial charge in [0.25, 0.3) is 0 Å². The summed E-state index contributed by atoms with van der Waals surface area (Å²) < 4.78 is 40.4. The predicted molar refractivity (Wildman–Crippen MR) is 122 cm³/mol. The van der Waals surface area contributed by atoms with E-state index in [1.165, 1.54) is 0 Å². The van der Waals surface area contributed by atoms with Crippen LogP contribution in [0.3, 0.4) is 0 Å². The van der Waals surface area contributed by atoms with Gasteiger partial charge in [0.2, 0.25) is 10.0 Å². The number of hydrogen-bond donors (Lipinski definition) is 2. The molecule has 1 aliphatic heterocycles. The molecular formula is C24H23N3O4S. The van der Waals surface area contributed by atoms with Crippen molar-refractivity contribution in [1.29, 1.82) is 0 Å². The molecule has 2 heterocycles. The molecule has 5 rings (SSSR count). The zero-order chi connectivity index (χ0) is 22.1. The van der Waals surface area contributed by atoms with E-state index >= 15 is 0 Å². The van der Waals surface area contributed by atoms with E-state index in [-0.39, 0.29) is 17.5 Å². The summed E-state index contributed by atoms with van der Waals surface area (Å²) in [5.74, 6) is 2.08. The van der Waals surface area contributed by atoms with Crippen LogP contribution in [0, 0.1) is 0 Å². The topological polar surface area (TPSA) is 93.3 Å². The average molecular weight is 450 g/mol. The smallest absolute Gasteiger partial charge is 0.241 e. The standard InChI is InChI=1S/C24H23N3O4S/c1-2-30-22-10-6-9-17-13-18(15-31-23(17)22)27-32(28,29)19-11-12-20-21(14-19)26-24(25-20)16-7-4-3-5-8-16/h3-12,14,18,27H,2,13,15H2,1H3,(H,25,26). The lowest BCUT2D eigenvalue weighted by Gasteiger charge is -2.27. The second kappa shape index (κ2) is 8.29.